The number of fused-ring (bicyclic) bond motifs is 5. The van der Waals surface area contributed by atoms with Crippen LogP contribution in [0.15, 0.2) is 53.5 Å². The summed E-state index contributed by atoms with van der Waals surface area (Å²) in [7, 11) is 0. The molecule has 32 heavy (non-hydrogen) atoms. The van der Waals surface area contributed by atoms with Gasteiger partial charge in [-0.05, 0) is 48.9 Å². The molecular weight excluding hydrogens is 402 g/mol. The molecule has 0 radical (unpaired) electrons. The fourth-order valence-electron chi connectivity index (χ4n) is 5.24. The van der Waals surface area contributed by atoms with Crippen molar-refractivity contribution in [1.82, 2.24) is 14.0 Å². The molecule has 4 heterocycles. The molecule has 2 aliphatic heterocycles. The van der Waals surface area contributed by atoms with E-state index < -0.39 is 0 Å². The van der Waals surface area contributed by atoms with Gasteiger partial charge in [-0.15, -0.1) is 0 Å². The average Bonchev–Trinajstić information content (AvgIpc) is 3.20. The summed E-state index contributed by atoms with van der Waals surface area (Å²) in [5.74, 6) is 1.97. The highest BCUT2D eigenvalue weighted by Crippen LogP contribution is 2.35. The molecule has 1 saturated heterocycles. The number of likely N-dealkylation sites (tertiary alicyclic amines) is 1. The van der Waals surface area contributed by atoms with Gasteiger partial charge in [0.15, 0.2) is 6.61 Å². The number of pyridine rings is 1. The minimum absolute atomic E-state index is 0.0164. The number of carbonyl (C=O) groups is 1. The van der Waals surface area contributed by atoms with Crippen LogP contribution in [0.2, 0.25) is 0 Å². The second-order valence-electron chi connectivity index (χ2n) is 9.67. The molecule has 0 saturated carbocycles. The molecule has 1 fully saturated rings. The van der Waals surface area contributed by atoms with E-state index in [-0.39, 0.29) is 24.0 Å². The molecule has 6 heteroatoms. The SMILES string of the molecule is CC(C)CCn1ccc2c(OCC(=O)N3C[C@@H]4C[C@H](C3)c3cccc(=O)n3C4)cccc21. The summed E-state index contributed by atoms with van der Waals surface area (Å²) in [5, 5.41) is 1.05. The molecule has 0 spiro atoms. The van der Waals surface area contributed by atoms with Crippen molar-refractivity contribution in [3.63, 3.8) is 0 Å². The maximum Gasteiger partial charge on any atom is 0.260 e. The molecule has 1 amide bonds. The van der Waals surface area contributed by atoms with Crippen molar-refractivity contribution in [2.45, 2.75) is 45.7 Å². The molecule has 5 rings (SSSR count). The summed E-state index contributed by atoms with van der Waals surface area (Å²) >= 11 is 0. The quantitative estimate of drug-likeness (QED) is 0.593. The van der Waals surface area contributed by atoms with Crippen molar-refractivity contribution in [1.29, 1.82) is 0 Å². The van der Waals surface area contributed by atoms with Gasteiger partial charge in [-0.2, -0.15) is 0 Å². The molecule has 1 aromatic carbocycles. The van der Waals surface area contributed by atoms with E-state index in [9.17, 15) is 9.59 Å². The third kappa shape index (κ3) is 3.94. The number of amides is 1. The number of benzene rings is 1. The molecule has 0 aliphatic carbocycles. The lowest BCUT2D eigenvalue weighted by Crippen LogP contribution is -2.50. The van der Waals surface area contributed by atoms with Crippen molar-refractivity contribution in [2.24, 2.45) is 11.8 Å². The largest absolute Gasteiger partial charge is 0.483 e. The highest BCUT2D eigenvalue weighted by Gasteiger charge is 2.36. The van der Waals surface area contributed by atoms with Crippen molar-refractivity contribution in [3.8, 4) is 5.75 Å². The van der Waals surface area contributed by atoms with Crippen LogP contribution in [0.3, 0.4) is 0 Å². The van der Waals surface area contributed by atoms with Gasteiger partial charge < -0.3 is 18.8 Å². The second kappa shape index (κ2) is 8.49. The third-order valence-corrected chi connectivity index (χ3v) is 6.90. The van der Waals surface area contributed by atoms with Gasteiger partial charge in [-0.1, -0.05) is 26.0 Å². The first-order valence-corrected chi connectivity index (χ1v) is 11.7. The molecular formula is C26H31N3O3. The van der Waals surface area contributed by atoms with Crippen LogP contribution >= 0.6 is 0 Å². The first-order chi connectivity index (χ1) is 15.5. The summed E-state index contributed by atoms with van der Waals surface area (Å²) in [5.41, 5.74) is 2.26. The van der Waals surface area contributed by atoms with Crippen molar-refractivity contribution >= 4 is 16.8 Å². The Balaban J connectivity index is 1.27. The Morgan fingerprint density at radius 3 is 2.78 bits per heavy atom. The molecule has 2 aromatic heterocycles. The molecule has 3 aromatic rings. The average molecular weight is 434 g/mol. The Morgan fingerprint density at radius 2 is 1.94 bits per heavy atom. The topological polar surface area (TPSA) is 56.5 Å². The number of aromatic nitrogens is 2. The number of aryl methyl sites for hydroxylation is 1. The van der Waals surface area contributed by atoms with E-state index >= 15 is 0 Å². The van der Waals surface area contributed by atoms with Crippen LogP contribution in [0, 0.1) is 11.8 Å². The molecule has 0 N–H and O–H groups in total. The lowest BCUT2D eigenvalue weighted by Gasteiger charge is -2.42. The maximum absolute atomic E-state index is 13.0. The number of ether oxygens (including phenoxy) is 1. The number of hydrogen-bond acceptors (Lipinski definition) is 3. The number of carbonyl (C=O) groups excluding carboxylic acids is 1. The summed E-state index contributed by atoms with van der Waals surface area (Å²) in [6.07, 6.45) is 4.27. The van der Waals surface area contributed by atoms with Crippen LogP contribution in [0.4, 0.5) is 0 Å². The van der Waals surface area contributed by atoms with Gasteiger partial charge in [0.05, 0.1) is 5.52 Å². The Morgan fingerprint density at radius 1 is 1.09 bits per heavy atom. The fraction of sp³-hybridized carbons (Fsp3) is 0.462. The summed E-state index contributed by atoms with van der Waals surface area (Å²) in [6.45, 7) is 7.52. The lowest BCUT2D eigenvalue weighted by atomic mass is 9.83. The predicted molar refractivity (Wildman–Crippen MR) is 125 cm³/mol. The molecule has 2 atom stereocenters. The van der Waals surface area contributed by atoms with Crippen LogP contribution in [-0.2, 0) is 17.9 Å². The summed E-state index contributed by atoms with van der Waals surface area (Å²) in [4.78, 5) is 27.2. The summed E-state index contributed by atoms with van der Waals surface area (Å²) < 4.78 is 10.2. The van der Waals surface area contributed by atoms with Crippen molar-refractivity contribution in [2.75, 3.05) is 19.7 Å². The monoisotopic (exact) mass is 433 g/mol. The van der Waals surface area contributed by atoms with E-state index in [4.69, 9.17) is 4.74 Å². The van der Waals surface area contributed by atoms with Gasteiger partial charge in [-0.25, -0.2) is 0 Å². The second-order valence-corrected chi connectivity index (χ2v) is 9.67. The smallest absolute Gasteiger partial charge is 0.260 e. The highest BCUT2D eigenvalue weighted by molar-refractivity contribution is 5.87. The summed E-state index contributed by atoms with van der Waals surface area (Å²) in [6, 6.07) is 13.6. The van der Waals surface area contributed by atoms with Crippen LogP contribution in [0.5, 0.6) is 5.75 Å². The van der Waals surface area contributed by atoms with Crippen LogP contribution in [-0.4, -0.2) is 39.6 Å². The fourth-order valence-corrected chi connectivity index (χ4v) is 5.24. The van der Waals surface area contributed by atoms with Gasteiger partial charge in [0.25, 0.3) is 11.5 Å². The Labute approximate surface area is 188 Å². The zero-order valence-corrected chi connectivity index (χ0v) is 18.9. The number of piperidine rings is 1. The van der Waals surface area contributed by atoms with Crippen LogP contribution < -0.4 is 10.3 Å². The lowest BCUT2D eigenvalue weighted by molar-refractivity contribution is -0.136. The van der Waals surface area contributed by atoms with Gasteiger partial charge in [-0.3, -0.25) is 9.59 Å². The maximum atomic E-state index is 13.0. The standard InChI is InChI=1S/C26H31N3O3/c1-18(2)9-11-27-12-10-21-23(27)6-3-7-24(21)32-17-26(31)28-14-19-13-20(16-28)22-5-4-8-25(30)29(22)15-19/h3-8,10,12,18-20H,9,11,13-17H2,1-2H3/t19-,20+/m0/s1. The predicted octanol–water partition coefficient (Wildman–Crippen LogP) is 3.87. The van der Waals surface area contributed by atoms with Gasteiger partial charge in [0, 0.05) is 55.4 Å². The Kier molecular flexibility index (Phi) is 5.53. The normalized spacial score (nSPS) is 19.9. The van der Waals surface area contributed by atoms with Crippen LogP contribution in [0.25, 0.3) is 10.9 Å². The highest BCUT2D eigenvalue weighted by atomic mass is 16.5. The van der Waals surface area contributed by atoms with E-state index in [0.717, 1.165) is 41.7 Å². The van der Waals surface area contributed by atoms with E-state index in [0.29, 0.717) is 31.5 Å². The van der Waals surface area contributed by atoms with E-state index in [1.807, 2.05) is 33.7 Å². The molecule has 2 aliphatic rings. The minimum Gasteiger partial charge on any atom is -0.483 e. The van der Waals surface area contributed by atoms with E-state index in [1.54, 1.807) is 6.07 Å². The molecule has 0 unspecified atom stereocenters. The van der Waals surface area contributed by atoms with Gasteiger partial charge >= 0.3 is 0 Å². The van der Waals surface area contributed by atoms with Crippen LogP contribution in [0.1, 0.15) is 38.3 Å². The first kappa shape index (κ1) is 20.9. The van der Waals surface area contributed by atoms with E-state index in [2.05, 4.69) is 36.7 Å². The third-order valence-electron chi connectivity index (χ3n) is 6.90. The first-order valence-electron chi connectivity index (χ1n) is 11.7. The Hall–Kier alpha value is -3.02. The zero-order valence-electron chi connectivity index (χ0n) is 18.9. The van der Waals surface area contributed by atoms with Crippen molar-refractivity contribution in [3.05, 3.63) is 64.7 Å². The van der Waals surface area contributed by atoms with Crippen molar-refractivity contribution < 1.29 is 9.53 Å². The molecule has 2 bridgehead atoms. The van der Waals surface area contributed by atoms with Gasteiger partial charge in [0.1, 0.15) is 5.75 Å². The number of hydrogen-bond donors (Lipinski definition) is 0. The Bertz CT molecular complexity index is 1190. The number of rotatable bonds is 6. The van der Waals surface area contributed by atoms with Gasteiger partial charge in [0.2, 0.25) is 0 Å². The molecule has 168 valence electrons. The van der Waals surface area contributed by atoms with E-state index in [1.165, 1.54) is 0 Å². The minimum atomic E-state index is 0.0164. The zero-order chi connectivity index (χ0) is 22.2. The number of nitrogens with zero attached hydrogens (tertiary/aromatic N) is 3. The molecule has 6 nitrogen and oxygen atoms in total.